The van der Waals surface area contributed by atoms with Gasteiger partial charge in [0.1, 0.15) is 0 Å². The third kappa shape index (κ3) is 4.01. The van der Waals surface area contributed by atoms with E-state index < -0.39 is 5.97 Å². The molecule has 0 radical (unpaired) electrons. The zero-order valence-corrected chi connectivity index (χ0v) is 10.7. The Labute approximate surface area is 103 Å². The molecule has 17 heavy (non-hydrogen) atoms. The predicted octanol–water partition coefficient (Wildman–Crippen LogP) is 2.11. The molecule has 0 bridgehead atoms. The van der Waals surface area contributed by atoms with Crippen LogP contribution in [0.2, 0.25) is 0 Å². The second-order valence-electron chi connectivity index (χ2n) is 5.03. The number of nitrogens with zero attached hydrogens (tertiary/aromatic N) is 2. The van der Waals surface area contributed by atoms with Crippen molar-refractivity contribution in [3.05, 3.63) is 0 Å². The van der Waals surface area contributed by atoms with Gasteiger partial charge in [0.15, 0.2) is 0 Å². The molecule has 1 N–H and O–H groups in total. The SMILES string of the molecule is CCC(C#N)N1CCCC(C(C)CC(=O)O)C1. The molecule has 0 aromatic rings. The van der Waals surface area contributed by atoms with Gasteiger partial charge >= 0.3 is 5.97 Å². The number of carbonyl (C=O) groups is 1. The molecule has 0 aromatic heterocycles. The van der Waals surface area contributed by atoms with Gasteiger partial charge in [0.25, 0.3) is 0 Å². The van der Waals surface area contributed by atoms with Crippen LogP contribution in [0.5, 0.6) is 0 Å². The van der Waals surface area contributed by atoms with E-state index in [1.807, 2.05) is 13.8 Å². The summed E-state index contributed by atoms with van der Waals surface area (Å²) in [6, 6.07) is 2.33. The summed E-state index contributed by atoms with van der Waals surface area (Å²) in [6.45, 7) is 5.89. The third-order valence-corrected chi connectivity index (χ3v) is 3.77. The molecule has 1 fully saturated rings. The predicted molar refractivity (Wildman–Crippen MR) is 65.4 cm³/mol. The fourth-order valence-electron chi connectivity index (χ4n) is 2.66. The highest BCUT2D eigenvalue weighted by molar-refractivity contribution is 5.67. The number of rotatable bonds is 5. The van der Waals surface area contributed by atoms with Crippen molar-refractivity contribution in [2.24, 2.45) is 11.8 Å². The lowest BCUT2D eigenvalue weighted by Gasteiger charge is -2.37. The zero-order chi connectivity index (χ0) is 12.8. The van der Waals surface area contributed by atoms with E-state index in [1.165, 1.54) is 0 Å². The standard InChI is InChI=1S/C13H22N2O2/c1-3-12(8-14)15-6-4-5-11(9-15)10(2)7-13(16)17/h10-12H,3-7,9H2,1-2H3,(H,16,17). The van der Waals surface area contributed by atoms with E-state index in [0.717, 1.165) is 32.4 Å². The van der Waals surface area contributed by atoms with Crippen molar-refractivity contribution in [3.8, 4) is 6.07 Å². The summed E-state index contributed by atoms with van der Waals surface area (Å²) in [6.07, 6.45) is 3.25. The molecule has 1 saturated heterocycles. The molecule has 0 amide bonds. The normalized spacial score (nSPS) is 24.9. The van der Waals surface area contributed by atoms with E-state index in [2.05, 4.69) is 11.0 Å². The fourth-order valence-corrected chi connectivity index (χ4v) is 2.66. The lowest BCUT2D eigenvalue weighted by atomic mass is 9.84. The summed E-state index contributed by atoms with van der Waals surface area (Å²) in [7, 11) is 0. The van der Waals surface area contributed by atoms with E-state index in [-0.39, 0.29) is 18.4 Å². The summed E-state index contributed by atoms with van der Waals surface area (Å²) in [4.78, 5) is 12.9. The Morgan fingerprint density at radius 1 is 1.65 bits per heavy atom. The van der Waals surface area contributed by atoms with Crippen molar-refractivity contribution >= 4 is 5.97 Å². The van der Waals surface area contributed by atoms with E-state index in [4.69, 9.17) is 10.4 Å². The largest absolute Gasteiger partial charge is 0.481 e. The molecule has 0 aliphatic carbocycles. The maximum absolute atomic E-state index is 10.7. The van der Waals surface area contributed by atoms with Crippen molar-refractivity contribution in [2.45, 2.75) is 45.6 Å². The first-order valence-electron chi connectivity index (χ1n) is 6.44. The van der Waals surface area contributed by atoms with Crippen LogP contribution < -0.4 is 0 Å². The van der Waals surface area contributed by atoms with Crippen molar-refractivity contribution in [3.63, 3.8) is 0 Å². The minimum absolute atomic E-state index is 0.00479. The first-order chi connectivity index (χ1) is 8.08. The van der Waals surface area contributed by atoms with Crippen LogP contribution in [0.4, 0.5) is 0 Å². The van der Waals surface area contributed by atoms with Crippen LogP contribution >= 0.6 is 0 Å². The van der Waals surface area contributed by atoms with Gasteiger partial charge in [-0.3, -0.25) is 9.69 Å². The Bertz CT molecular complexity index is 298. The molecule has 1 rings (SSSR count). The molecular formula is C13H22N2O2. The Kier molecular flexibility index (Phi) is 5.43. The molecule has 96 valence electrons. The topological polar surface area (TPSA) is 64.3 Å². The molecular weight excluding hydrogens is 216 g/mol. The summed E-state index contributed by atoms with van der Waals surface area (Å²) in [5.41, 5.74) is 0. The monoisotopic (exact) mass is 238 g/mol. The summed E-state index contributed by atoms with van der Waals surface area (Å²) in [5.74, 6) is -0.101. The molecule has 0 aromatic carbocycles. The van der Waals surface area contributed by atoms with E-state index >= 15 is 0 Å². The second-order valence-corrected chi connectivity index (χ2v) is 5.03. The summed E-state index contributed by atoms with van der Waals surface area (Å²) < 4.78 is 0. The Morgan fingerprint density at radius 3 is 2.88 bits per heavy atom. The van der Waals surface area contributed by atoms with Gasteiger partial charge in [-0.1, -0.05) is 13.8 Å². The number of piperidine rings is 1. The maximum Gasteiger partial charge on any atom is 0.303 e. The number of carboxylic acids is 1. The van der Waals surface area contributed by atoms with Crippen molar-refractivity contribution < 1.29 is 9.90 Å². The van der Waals surface area contributed by atoms with Gasteiger partial charge in [0.2, 0.25) is 0 Å². The van der Waals surface area contributed by atoms with Crippen LogP contribution in [-0.2, 0) is 4.79 Å². The smallest absolute Gasteiger partial charge is 0.303 e. The van der Waals surface area contributed by atoms with Crippen LogP contribution in [0.15, 0.2) is 0 Å². The van der Waals surface area contributed by atoms with Crippen LogP contribution in [0.1, 0.15) is 39.5 Å². The van der Waals surface area contributed by atoms with E-state index in [0.29, 0.717) is 5.92 Å². The molecule has 0 spiro atoms. The van der Waals surface area contributed by atoms with E-state index in [1.54, 1.807) is 0 Å². The highest BCUT2D eigenvalue weighted by atomic mass is 16.4. The number of carboxylic acid groups (broad SMARTS) is 1. The molecule has 1 aliphatic rings. The third-order valence-electron chi connectivity index (χ3n) is 3.77. The van der Waals surface area contributed by atoms with Gasteiger partial charge in [0.05, 0.1) is 12.1 Å². The molecule has 0 saturated carbocycles. The number of aliphatic carboxylic acids is 1. The number of likely N-dealkylation sites (tertiary alicyclic amines) is 1. The van der Waals surface area contributed by atoms with E-state index in [9.17, 15) is 4.79 Å². The minimum atomic E-state index is -0.720. The van der Waals surface area contributed by atoms with Gasteiger partial charge in [-0.15, -0.1) is 0 Å². The molecule has 3 unspecified atom stereocenters. The van der Waals surface area contributed by atoms with Gasteiger partial charge < -0.3 is 5.11 Å². The van der Waals surface area contributed by atoms with Crippen molar-refractivity contribution in [1.82, 2.24) is 4.90 Å². The minimum Gasteiger partial charge on any atom is -0.481 e. The summed E-state index contributed by atoms with van der Waals surface area (Å²) in [5, 5.41) is 17.9. The van der Waals surface area contributed by atoms with Crippen LogP contribution in [-0.4, -0.2) is 35.1 Å². The number of nitriles is 1. The van der Waals surface area contributed by atoms with Crippen molar-refractivity contribution in [1.29, 1.82) is 5.26 Å². The van der Waals surface area contributed by atoms with Crippen molar-refractivity contribution in [2.75, 3.05) is 13.1 Å². The van der Waals surface area contributed by atoms with Crippen LogP contribution in [0.3, 0.4) is 0 Å². The molecule has 1 aliphatic heterocycles. The Hall–Kier alpha value is -1.08. The highest BCUT2D eigenvalue weighted by Crippen LogP contribution is 2.27. The van der Waals surface area contributed by atoms with Gasteiger partial charge in [-0.2, -0.15) is 5.26 Å². The lowest BCUT2D eigenvalue weighted by molar-refractivity contribution is -0.138. The lowest BCUT2D eigenvalue weighted by Crippen LogP contribution is -2.43. The molecule has 4 heteroatoms. The Balaban J connectivity index is 2.54. The Morgan fingerprint density at radius 2 is 2.35 bits per heavy atom. The van der Waals surface area contributed by atoms with Gasteiger partial charge in [0, 0.05) is 13.0 Å². The zero-order valence-electron chi connectivity index (χ0n) is 10.7. The number of hydrogen-bond donors (Lipinski definition) is 1. The van der Waals surface area contributed by atoms with Crippen LogP contribution in [0.25, 0.3) is 0 Å². The second kappa shape index (κ2) is 6.61. The highest BCUT2D eigenvalue weighted by Gasteiger charge is 2.28. The summed E-state index contributed by atoms with van der Waals surface area (Å²) >= 11 is 0. The molecule has 3 atom stereocenters. The van der Waals surface area contributed by atoms with Crippen LogP contribution in [0, 0.1) is 23.2 Å². The van der Waals surface area contributed by atoms with Gasteiger partial charge in [-0.05, 0) is 37.6 Å². The maximum atomic E-state index is 10.7. The quantitative estimate of drug-likeness (QED) is 0.796. The molecule has 1 heterocycles. The van der Waals surface area contributed by atoms with Gasteiger partial charge in [-0.25, -0.2) is 0 Å². The fraction of sp³-hybridized carbons (Fsp3) is 0.846. The first kappa shape index (κ1) is 14.0. The molecule has 4 nitrogen and oxygen atoms in total. The first-order valence-corrected chi connectivity index (χ1v) is 6.44. The number of hydrogen-bond acceptors (Lipinski definition) is 3. The average Bonchev–Trinajstić information content (AvgIpc) is 2.30. The average molecular weight is 238 g/mol.